The van der Waals surface area contributed by atoms with Crippen molar-refractivity contribution in [1.29, 1.82) is 0 Å². The molecule has 2 aliphatic heterocycles. The summed E-state index contributed by atoms with van der Waals surface area (Å²) in [6.45, 7) is 7.89. The molecule has 1 N–H and O–H groups in total. The Hall–Kier alpha value is -1.26. The minimum Gasteiger partial charge on any atom is -0.454 e. The molecule has 3 rings (SSSR count). The summed E-state index contributed by atoms with van der Waals surface area (Å²) in [5.74, 6) is 1.80. The monoisotopic (exact) mass is 248 g/mol. The number of piperazine rings is 1. The highest BCUT2D eigenvalue weighted by molar-refractivity contribution is 5.48. The molecule has 1 fully saturated rings. The summed E-state index contributed by atoms with van der Waals surface area (Å²) in [4.78, 5) is 2.50. The van der Waals surface area contributed by atoms with Gasteiger partial charge in [0, 0.05) is 37.3 Å². The summed E-state index contributed by atoms with van der Waals surface area (Å²) >= 11 is 0. The van der Waals surface area contributed by atoms with E-state index >= 15 is 0 Å². The van der Waals surface area contributed by atoms with E-state index in [2.05, 4.69) is 30.1 Å². The molecule has 0 saturated carbocycles. The number of rotatable bonds is 2. The molecule has 0 radical (unpaired) electrons. The third-order valence-electron chi connectivity index (χ3n) is 3.75. The summed E-state index contributed by atoms with van der Waals surface area (Å²) in [5, 5.41) is 3.50. The zero-order valence-electron chi connectivity index (χ0n) is 11.0. The molecule has 2 atom stereocenters. The zero-order chi connectivity index (χ0) is 12.5. The van der Waals surface area contributed by atoms with Crippen molar-refractivity contribution >= 4 is 0 Å². The highest BCUT2D eigenvalue weighted by Gasteiger charge is 2.25. The Bertz CT molecular complexity index is 436. The third kappa shape index (κ3) is 2.18. The number of para-hydroxylation sites is 1. The van der Waals surface area contributed by atoms with Crippen molar-refractivity contribution in [3.8, 4) is 11.5 Å². The van der Waals surface area contributed by atoms with E-state index in [9.17, 15) is 0 Å². The fourth-order valence-electron chi connectivity index (χ4n) is 2.65. The van der Waals surface area contributed by atoms with E-state index in [1.54, 1.807) is 0 Å². The van der Waals surface area contributed by atoms with Crippen LogP contribution in [-0.4, -0.2) is 36.9 Å². The molecule has 0 amide bonds. The molecule has 2 unspecified atom stereocenters. The number of nitrogens with zero attached hydrogens (tertiary/aromatic N) is 1. The van der Waals surface area contributed by atoms with Gasteiger partial charge in [0.25, 0.3) is 0 Å². The lowest BCUT2D eigenvalue weighted by atomic mass is 10.1. The maximum Gasteiger partial charge on any atom is 0.231 e. The van der Waals surface area contributed by atoms with Crippen LogP contribution in [0.3, 0.4) is 0 Å². The molecule has 4 nitrogen and oxygen atoms in total. The molecule has 2 aliphatic rings. The Kier molecular flexibility index (Phi) is 3.14. The third-order valence-corrected chi connectivity index (χ3v) is 3.75. The maximum atomic E-state index is 5.57. The van der Waals surface area contributed by atoms with Crippen molar-refractivity contribution in [3.63, 3.8) is 0 Å². The smallest absolute Gasteiger partial charge is 0.231 e. The highest BCUT2D eigenvalue weighted by atomic mass is 16.7. The van der Waals surface area contributed by atoms with Crippen LogP contribution in [0.25, 0.3) is 0 Å². The lowest BCUT2D eigenvalue weighted by molar-refractivity contribution is 0.135. The second-order valence-corrected chi connectivity index (χ2v) is 5.24. The van der Waals surface area contributed by atoms with Crippen LogP contribution in [0.4, 0.5) is 0 Å². The molecule has 1 saturated heterocycles. The van der Waals surface area contributed by atoms with Gasteiger partial charge in [0.2, 0.25) is 6.79 Å². The molecule has 0 aromatic heterocycles. The van der Waals surface area contributed by atoms with Crippen molar-refractivity contribution in [2.75, 3.05) is 19.9 Å². The Morgan fingerprint density at radius 3 is 3.11 bits per heavy atom. The molecular formula is C14H20N2O2. The first-order valence-corrected chi connectivity index (χ1v) is 6.59. The Morgan fingerprint density at radius 2 is 2.22 bits per heavy atom. The molecule has 4 heteroatoms. The van der Waals surface area contributed by atoms with E-state index in [0.717, 1.165) is 31.1 Å². The van der Waals surface area contributed by atoms with Crippen LogP contribution in [0.15, 0.2) is 18.2 Å². The first-order valence-electron chi connectivity index (χ1n) is 6.59. The SMILES string of the molecule is CC1CN(Cc2cccc3c2OCO3)C(C)CN1. The first kappa shape index (κ1) is 11.8. The molecule has 0 bridgehead atoms. The topological polar surface area (TPSA) is 33.7 Å². The van der Waals surface area contributed by atoms with Gasteiger partial charge in [0.1, 0.15) is 0 Å². The summed E-state index contributed by atoms with van der Waals surface area (Å²) in [7, 11) is 0. The largest absolute Gasteiger partial charge is 0.454 e. The van der Waals surface area contributed by atoms with Crippen molar-refractivity contribution in [2.24, 2.45) is 0 Å². The summed E-state index contributed by atoms with van der Waals surface area (Å²) < 4.78 is 11.0. The predicted octanol–water partition coefficient (Wildman–Crippen LogP) is 1.60. The fraction of sp³-hybridized carbons (Fsp3) is 0.571. The zero-order valence-corrected chi connectivity index (χ0v) is 11.0. The molecule has 1 aromatic carbocycles. The van der Waals surface area contributed by atoms with Gasteiger partial charge in [-0.2, -0.15) is 0 Å². The molecule has 0 aliphatic carbocycles. The molecular weight excluding hydrogens is 228 g/mol. The van der Waals surface area contributed by atoms with Crippen molar-refractivity contribution in [2.45, 2.75) is 32.5 Å². The van der Waals surface area contributed by atoms with Gasteiger partial charge in [-0.3, -0.25) is 4.90 Å². The number of ether oxygens (including phenoxy) is 2. The maximum absolute atomic E-state index is 5.57. The van der Waals surface area contributed by atoms with Crippen LogP contribution in [0.2, 0.25) is 0 Å². The van der Waals surface area contributed by atoms with Crippen LogP contribution in [0.1, 0.15) is 19.4 Å². The Morgan fingerprint density at radius 1 is 1.33 bits per heavy atom. The average Bonchev–Trinajstić information content (AvgIpc) is 2.83. The van der Waals surface area contributed by atoms with Gasteiger partial charge in [-0.1, -0.05) is 12.1 Å². The first-order chi connectivity index (χ1) is 8.74. The van der Waals surface area contributed by atoms with Crippen LogP contribution < -0.4 is 14.8 Å². The van der Waals surface area contributed by atoms with Gasteiger partial charge in [-0.25, -0.2) is 0 Å². The van der Waals surface area contributed by atoms with E-state index in [1.807, 2.05) is 12.1 Å². The second kappa shape index (κ2) is 4.78. The quantitative estimate of drug-likeness (QED) is 0.862. The predicted molar refractivity (Wildman–Crippen MR) is 69.9 cm³/mol. The molecule has 0 spiro atoms. The van der Waals surface area contributed by atoms with Gasteiger partial charge >= 0.3 is 0 Å². The minimum absolute atomic E-state index is 0.347. The lowest BCUT2D eigenvalue weighted by Gasteiger charge is -2.37. The normalized spacial score (nSPS) is 27.4. The van der Waals surface area contributed by atoms with Crippen LogP contribution >= 0.6 is 0 Å². The lowest BCUT2D eigenvalue weighted by Crippen LogP contribution is -2.53. The van der Waals surface area contributed by atoms with Gasteiger partial charge in [0.15, 0.2) is 11.5 Å². The molecule has 18 heavy (non-hydrogen) atoms. The van der Waals surface area contributed by atoms with E-state index in [0.29, 0.717) is 18.9 Å². The number of nitrogens with one attached hydrogen (secondary N) is 1. The molecule has 2 heterocycles. The van der Waals surface area contributed by atoms with Crippen molar-refractivity contribution in [1.82, 2.24) is 10.2 Å². The van der Waals surface area contributed by atoms with Gasteiger partial charge in [-0.15, -0.1) is 0 Å². The fourth-order valence-corrected chi connectivity index (χ4v) is 2.65. The Labute approximate surface area is 108 Å². The van der Waals surface area contributed by atoms with Crippen molar-refractivity contribution in [3.05, 3.63) is 23.8 Å². The summed E-state index contributed by atoms with van der Waals surface area (Å²) in [6.07, 6.45) is 0. The number of benzene rings is 1. The average molecular weight is 248 g/mol. The standard InChI is InChI=1S/C14H20N2O2/c1-10-7-16(11(2)6-15-10)8-12-4-3-5-13-14(12)18-9-17-13/h3-5,10-11,15H,6-9H2,1-2H3. The molecule has 1 aromatic rings. The number of hydrogen-bond acceptors (Lipinski definition) is 4. The second-order valence-electron chi connectivity index (χ2n) is 5.24. The van der Waals surface area contributed by atoms with Crippen LogP contribution in [0, 0.1) is 0 Å². The summed E-state index contributed by atoms with van der Waals surface area (Å²) in [6, 6.07) is 7.25. The molecule has 98 valence electrons. The van der Waals surface area contributed by atoms with E-state index in [1.165, 1.54) is 5.56 Å². The van der Waals surface area contributed by atoms with E-state index in [-0.39, 0.29) is 0 Å². The summed E-state index contributed by atoms with van der Waals surface area (Å²) in [5.41, 5.74) is 1.23. The minimum atomic E-state index is 0.347. The van der Waals surface area contributed by atoms with Gasteiger partial charge in [0.05, 0.1) is 0 Å². The van der Waals surface area contributed by atoms with Crippen LogP contribution in [0.5, 0.6) is 11.5 Å². The Balaban J connectivity index is 1.78. The number of hydrogen-bond donors (Lipinski definition) is 1. The number of fused-ring (bicyclic) bond motifs is 1. The van der Waals surface area contributed by atoms with Crippen molar-refractivity contribution < 1.29 is 9.47 Å². The van der Waals surface area contributed by atoms with Gasteiger partial charge in [-0.05, 0) is 19.9 Å². The van der Waals surface area contributed by atoms with Gasteiger partial charge < -0.3 is 14.8 Å². The van der Waals surface area contributed by atoms with Crippen LogP contribution in [-0.2, 0) is 6.54 Å². The van der Waals surface area contributed by atoms with E-state index in [4.69, 9.17) is 9.47 Å². The highest BCUT2D eigenvalue weighted by Crippen LogP contribution is 2.36. The van der Waals surface area contributed by atoms with E-state index < -0.39 is 0 Å².